The highest BCUT2D eigenvalue weighted by Crippen LogP contribution is 2.12. The van der Waals surface area contributed by atoms with Crippen LogP contribution < -0.4 is 0 Å². The number of hydrogen-bond donors (Lipinski definition) is 0. The Kier molecular flexibility index (Phi) is 4.46. The number of benzene rings is 1. The molecule has 0 fully saturated rings. The standard InChI is InChI=1S/C11H15BrO/c1-3-9(2)13-8-10-4-6-11(12)7-5-10/h4-7,9H,3,8H2,1-2H3/t9-/m1/s1. The molecule has 1 rings (SSSR count). The summed E-state index contributed by atoms with van der Waals surface area (Å²) < 4.78 is 6.71. The number of rotatable bonds is 4. The van der Waals surface area contributed by atoms with Crippen LogP contribution in [0.15, 0.2) is 28.7 Å². The van der Waals surface area contributed by atoms with E-state index in [1.54, 1.807) is 0 Å². The lowest BCUT2D eigenvalue weighted by atomic mass is 10.2. The van der Waals surface area contributed by atoms with E-state index in [1.807, 2.05) is 12.1 Å². The highest BCUT2D eigenvalue weighted by Gasteiger charge is 1.98. The van der Waals surface area contributed by atoms with E-state index in [0.717, 1.165) is 10.9 Å². The molecule has 0 aliphatic rings. The molecule has 2 heteroatoms. The second kappa shape index (κ2) is 5.40. The van der Waals surface area contributed by atoms with E-state index in [1.165, 1.54) is 5.56 Å². The van der Waals surface area contributed by atoms with E-state index in [4.69, 9.17) is 4.74 Å². The van der Waals surface area contributed by atoms with Gasteiger partial charge < -0.3 is 4.74 Å². The van der Waals surface area contributed by atoms with Gasteiger partial charge in [0.05, 0.1) is 12.7 Å². The highest BCUT2D eigenvalue weighted by atomic mass is 79.9. The Morgan fingerprint density at radius 2 is 1.92 bits per heavy atom. The lowest BCUT2D eigenvalue weighted by Crippen LogP contribution is -2.05. The average molecular weight is 243 g/mol. The summed E-state index contributed by atoms with van der Waals surface area (Å²) in [4.78, 5) is 0. The minimum atomic E-state index is 0.351. The second-order valence-electron chi connectivity index (χ2n) is 3.16. The van der Waals surface area contributed by atoms with Gasteiger partial charge in [0.2, 0.25) is 0 Å². The normalized spacial score (nSPS) is 12.8. The zero-order chi connectivity index (χ0) is 9.68. The molecule has 0 saturated carbocycles. The van der Waals surface area contributed by atoms with E-state index < -0.39 is 0 Å². The molecule has 1 atom stereocenters. The molecule has 0 saturated heterocycles. The van der Waals surface area contributed by atoms with E-state index in [-0.39, 0.29) is 0 Å². The molecule has 0 spiro atoms. The summed E-state index contributed by atoms with van der Waals surface area (Å²) in [6.45, 7) is 4.94. The Morgan fingerprint density at radius 1 is 1.31 bits per heavy atom. The molecule has 72 valence electrons. The predicted molar refractivity (Wildman–Crippen MR) is 58.7 cm³/mol. The Bertz CT molecular complexity index is 243. The quantitative estimate of drug-likeness (QED) is 0.782. The van der Waals surface area contributed by atoms with Crippen molar-refractivity contribution >= 4 is 15.9 Å². The zero-order valence-corrected chi connectivity index (χ0v) is 9.67. The van der Waals surface area contributed by atoms with Gasteiger partial charge in [0, 0.05) is 4.47 Å². The molecular formula is C11H15BrO. The third kappa shape index (κ3) is 3.92. The smallest absolute Gasteiger partial charge is 0.0720 e. The molecule has 1 nitrogen and oxygen atoms in total. The van der Waals surface area contributed by atoms with Crippen molar-refractivity contribution in [1.29, 1.82) is 0 Å². The summed E-state index contributed by atoms with van der Waals surface area (Å²) in [5.41, 5.74) is 1.23. The van der Waals surface area contributed by atoms with Crippen molar-refractivity contribution in [3.63, 3.8) is 0 Å². The molecule has 0 radical (unpaired) electrons. The molecule has 0 N–H and O–H groups in total. The van der Waals surface area contributed by atoms with Gasteiger partial charge >= 0.3 is 0 Å². The van der Waals surface area contributed by atoms with Crippen molar-refractivity contribution in [2.75, 3.05) is 0 Å². The fourth-order valence-corrected chi connectivity index (χ4v) is 1.20. The van der Waals surface area contributed by atoms with Crippen molar-refractivity contribution < 1.29 is 4.74 Å². The molecule has 1 aromatic carbocycles. The van der Waals surface area contributed by atoms with Crippen molar-refractivity contribution in [2.45, 2.75) is 33.0 Å². The lowest BCUT2D eigenvalue weighted by molar-refractivity contribution is 0.0508. The van der Waals surface area contributed by atoms with Crippen molar-refractivity contribution in [3.05, 3.63) is 34.3 Å². The van der Waals surface area contributed by atoms with Gasteiger partial charge in [-0.15, -0.1) is 0 Å². The maximum Gasteiger partial charge on any atom is 0.0720 e. The van der Waals surface area contributed by atoms with Gasteiger partial charge in [-0.2, -0.15) is 0 Å². The van der Waals surface area contributed by atoms with E-state index in [9.17, 15) is 0 Å². The van der Waals surface area contributed by atoms with Gasteiger partial charge in [-0.25, -0.2) is 0 Å². The van der Waals surface area contributed by atoms with Gasteiger partial charge in [0.1, 0.15) is 0 Å². The van der Waals surface area contributed by atoms with Gasteiger partial charge in [0.25, 0.3) is 0 Å². The second-order valence-corrected chi connectivity index (χ2v) is 4.07. The van der Waals surface area contributed by atoms with Gasteiger partial charge in [-0.1, -0.05) is 35.0 Å². The maximum absolute atomic E-state index is 5.60. The summed E-state index contributed by atoms with van der Waals surface area (Å²) in [7, 11) is 0. The van der Waals surface area contributed by atoms with Crippen LogP contribution in [0.4, 0.5) is 0 Å². The third-order valence-corrected chi connectivity index (χ3v) is 2.55. The van der Waals surface area contributed by atoms with Crippen LogP contribution in [0.2, 0.25) is 0 Å². The molecule has 0 aliphatic heterocycles. The van der Waals surface area contributed by atoms with Crippen LogP contribution >= 0.6 is 15.9 Å². The minimum Gasteiger partial charge on any atom is -0.374 e. The summed E-state index contributed by atoms with van der Waals surface area (Å²) in [6.07, 6.45) is 1.42. The number of halogens is 1. The van der Waals surface area contributed by atoms with Gasteiger partial charge in [-0.05, 0) is 31.0 Å². The summed E-state index contributed by atoms with van der Waals surface area (Å²) in [5, 5.41) is 0. The highest BCUT2D eigenvalue weighted by molar-refractivity contribution is 9.10. The zero-order valence-electron chi connectivity index (χ0n) is 8.09. The third-order valence-electron chi connectivity index (χ3n) is 2.02. The Labute approximate surface area is 88.2 Å². The fraction of sp³-hybridized carbons (Fsp3) is 0.455. The topological polar surface area (TPSA) is 9.23 Å². The molecule has 0 heterocycles. The van der Waals surface area contributed by atoms with Crippen LogP contribution in [0, 0.1) is 0 Å². The lowest BCUT2D eigenvalue weighted by Gasteiger charge is -2.10. The van der Waals surface area contributed by atoms with E-state index in [0.29, 0.717) is 12.7 Å². The van der Waals surface area contributed by atoms with Crippen LogP contribution in [0.25, 0.3) is 0 Å². The molecule has 0 unspecified atom stereocenters. The first kappa shape index (κ1) is 10.7. The molecule has 0 amide bonds. The van der Waals surface area contributed by atoms with Gasteiger partial charge in [0.15, 0.2) is 0 Å². The largest absolute Gasteiger partial charge is 0.374 e. The molecule has 0 aliphatic carbocycles. The Hall–Kier alpha value is -0.340. The predicted octanol–water partition coefficient (Wildman–Crippen LogP) is 3.76. The maximum atomic E-state index is 5.60. The number of ether oxygens (including phenoxy) is 1. The van der Waals surface area contributed by atoms with Crippen LogP contribution in [-0.4, -0.2) is 6.10 Å². The minimum absolute atomic E-state index is 0.351. The van der Waals surface area contributed by atoms with Crippen molar-refractivity contribution in [2.24, 2.45) is 0 Å². The van der Waals surface area contributed by atoms with Crippen molar-refractivity contribution in [1.82, 2.24) is 0 Å². The van der Waals surface area contributed by atoms with Crippen LogP contribution in [0.1, 0.15) is 25.8 Å². The van der Waals surface area contributed by atoms with Gasteiger partial charge in [-0.3, -0.25) is 0 Å². The van der Waals surface area contributed by atoms with Crippen LogP contribution in [0.5, 0.6) is 0 Å². The van der Waals surface area contributed by atoms with Crippen LogP contribution in [-0.2, 0) is 11.3 Å². The summed E-state index contributed by atoms with van der Waals surface area (Å²) in [5.74, 6) is 0. The first-order valence-corrected chi connectivity index (χ1v) is 5.37. The number of hydrogen-bond acceptors (Lipinski definition) is 1. The first-order valence-electron chi connectivity index (χ1n) is 4.58. The fourth-order valence-electron chi connectivity index (χ4n) is 0.937. The van der Waals surface area contributed by atoms with Crippen LogP contribution in [0.3, 0.4) is 0 Å². The summed E-state index contributed by atoms with van der Waals surface area (Å²) >= 11 is 3.40. The SMILES string of the molecule is CC[C@@H](C)OCc1ccc(Br)cc1. The average Bonchev–Trinajstić information content (AvgIpc) is 2.16. The molecule has 13 heavy (non-hydrogen) atoms. The molecule has 0 aromatic heterocycles. The van der Waals surface area contributed by atoms with E-state index >= 15 is 0 Å². The molecule has 0 bridgehead atoms. The summed E-state index contributed by atoms with van der Waals surface area (Å²) in [6, 6.07) is 8.23. The first-order chi connectivity index (χ1) is 6.22. The Morgan fingerprint density at radius 3 is 2.46 bits per heavy atom. The monoisotopic (exact) mass is 242 g/mol. The molecular weight excluding hydrogens is 228 g/mol. The van der Waals surface area contributed by atoms with E-state index in [2.05, 4.69) is 41.9 Å². The van der Waals surface area contributed by atoms with Crippen molar-refractivity contribution in [3.8, 4) is 0 Å². The Balaban J connectivity index is 2.41. The molecule has 1 aromatic rings.